The zero-order valence-corrected chi connectivity index (χ0v) is 12.6. The quantitative estimate of drug-likeness (QED) is 0.844. The van der Waals surface area contributed by atoms with Crippen molar-refractivity contribution in [3.63, 3.8) is 0 Å². The Balaban J connectivity index is 2.29. The van der Waals surface area contributed by atoms with Gasteiger partial charge in [-0.25, -0.2) is 4.79 Å². The van der Waals surface area contributed by atoms with Crippen LogP contribution in [0.15, 0.2) is 0 Å². The molecular weight excluding hydrogens is 274 g/mol. The number of ether oxygens (including phenoxy) is 1. The van der Waals surface area contributed by atoms with E-state index in [0.717, 1.165) is 11.5 Å². The molecule has 0 unspecified atom stereocenters. The molecule has 0 aliphatic heterocycles. The molecule has 0 amide bonds. The summed E-state index contributed by atoms with van der Waals surface area (Å²) in [4.78, 5) is 14.5. The topological polar surface area (TPSA) is 79.3 Å². The molecule has 108 valence electrons. The van der Waals surface area contributed by atoms with E-state index in [1.54, 1.807) is 6.92 Å². The summed E-state index contributed by atoms with van der Waals surface area (Å²) in [5.74, 6) is 0.224. The SMILES string of the molecule is CCOC(=O)c1c(N(C)CC2CCC2)sc(C#N)c1N. The maximum absolute atomic E-state index is 12.1. The lowest BCUT2D eigenvalue weighted by molar-refractivity contribution is 0.0529. The van der Waals surface area contributed by atoms with Crippen molar-refractivity contribution in [2.45, 2.75) is 26.2 Å². The molecule has 0 aromatic carbocycles. The summed E-state index contributed by atoms with van der Waals surface area (Å²) in [6, 6.07) is 2.05. The largest absolute Gasteiger partial charge is 0.462 e. The van der Waals surface area contributed by atoms with E-state index in [1.807, 2.05) is 18.0 Å². The average Bonchev–Trinajstić information content (AvgIpc) is 2.71. The normalized spacial score (nSPS) is 14.4. The molecule has 0 spiro atoms. The van der Waals surface area contributed by atoms with Gasteiger partial charge < -0.3 is 15.4 Å². The van der Waals surface area contributed by atoms with Crippen molar-refractivity contribution in [3.05, 3.63) is 10.4 Å². The van der Waals surface area contributed by atoms with Crippen molar-refractivity contribution < 1.29 is 9.53 Å². The van der Waals surface area contributed by atoms with Crippen LogP contribution in [0, 0.1) is 17.2 Å². The van der Waals surface area contributed by atoms with E-state index in [-0.39, 0.29) is 5.69 Å². The number of nitrogen functional groups attached to an aromatic ring is 1. The molecule has 1 saturated carbocycles. The van der Waals surface area contributed by atoms with Gasteiger partial charge in [-0.1, -0.05) is 6.42 Å². The second-order valence-corrected chi connectivity index (χ2v) is 6.03. The molecular formula is C14H19N3O2S. The lowest BCUT2D eigenvalue weighted by atomic mass is 9.85. The molecule has 1 aromatic rings. The highest BCUT2D eigenvalue weighted by Gasteiger charge is 2.27. The number of nitrogens with two attached hydrogens (primary N) is 1. The average molecular weight is 293 g/mol. The molecule has 2 rings (SSSR count). The van der Waals surface area contributed by atoms with Gasteiger partial charge in [-0.05, 0) is 25.7 Å². The van der Waals surface area contributed by atoms with Crippen LogP contribution in [-0.2, 0) is 4.74 Å². The number of rotatable bonds is 5. The number of carbonyl (C=O) groups excluding carboxylic acids is 1. The second-order valence-electron chi connectivity index (χ2n) is 5.03. The van der Waals surface area contributed by atoms with Crippen molar-refractivity contribution >= 4 is 28.0 Å². The van der Waals surface area contributed by atoms with Crippen LogP contribution in [0.4, 0.5) is 10.7 Å². The van der Waals surface area contributed by atoms with Crippen LogP contribution in [0.1, 0.15) is 41.4 Å². The Morgan fingerprint density at radius 3 is 2.80 bits per heavy atom. The predicted octanol–water partition coefficient (Wildman–Crippen LogP) is 2.61. The maximum Gasteiger partial charge on any atom is 0.343 e. The molecule has 2 N–H and O–H groups in total. The fourth-order valence-electron chi connectivity index (χ4n) is 2.33. The predicted molar refractivity (Wildman–Crippen MR) is 80.0 cm³/mol. The Morgan fingerprint density at radius 2 is 2.30 bits per heavy atom. The van der Waals surface area contributed by atoms with Crippen molar-refractivity contribution in [2.75, 3.05) is 30.8 Å². The van der Waals surface area contributed by atoms with E-state index >= 15 is 0 Å². The highest BCUT2D eigenvalue weighted by molar-refractivity contribution is 7.17. The molecule has 1 aliphatic carbocycles. The molecule has 6 heteroatoms. The summed E-state index contributed by atoms with van der Waals surface area (Å²) in [7, 11) is 1.94. The second kappa shape index (κ2) is 6.14. The van der Waals surface area contributed by atoms with Gasteiger partial charge in [0.15, 0.2) is 0 Å². The van der Waals surface area contributed by atoms with Gasteiger partial charge in [-0.3, -0.25) is 0 Å². The first-order valence-electron chi connectivity index (χ1n) is 6.79. The third kappa shape index (κ3) is 2.73. The summed E-state index contributed by atoms with van der Waals surface area (Å²) < 4.78 is 5.05. The van der Waals surface area contributed by atoms with E-state index in [0.29, 0.717) is 23.0 Å². The Labute approximate surface area is 122 Å². The highest BCUT2D eigenvalue weighted by Crippen LogP contribution is 2.39. The third-order valence-corrected chi connectivity index (χ3v) is 4.84. The summed E-state index contributed by atoms with van der Waals surface area (Å²) in [6.45, 7) is 2.93. The number of anilines is 2. The molecule has 1 heterocycles. The first kappa shape index (κ1) is 14.7. The zero-order chi connectivity index (χ0) is 14.7. The third-order valence-electron chi connectivity index (χ3n) is 3.61. The van der Waals surface area contributed by atoms with E-state index in [2.05, 4.69) is 0 Å². The van der Waals surface area contributed by atoms with E-state index in [1.165, 1.54) is 30.6 Å². The number of carbonyl (C=O) groups is 1. The number of nitriles is 1. The molecule has 1 fully saturated rings. The van der Waals surface area contributed by atoms with Crippen molar-refractivity contribution in [1.82, 2.24) is 0 Å². The van der Waals surface area contributed by atoms with Gasteiger partial charge in [-0.2, -0.15) is 5.26 Å². The maximum atomic E-state index is 12.1. The van der Waals surface area contributed by atoms with Crippen LogP contribution < -0.4 is 10.6 Å². The zero-order valence-electron chi connectivity index (χ0n) is 11.8. The first-order valence-corrected chi connectivity index (χ1v) is 7.60. The van der Waals surface area contributed by atoms with E-state index in [9.17, 15) is 4.79 Å². The summed E-state index contributed by atoms with van der Waals surface area (Å²) in [5.41, 5.74) is 6.51. The van der Waals surface area contributed by atoms with Gasteiger partial charge >= 0.3 is 5.97 Å². The summed E-state index contributed by atoms with van der Waals surface area (Å²) >= 11 is 1.26. The van der Waals surface area contributed by atoms with Crippen molar-refractivity contribution in [2.24, 2.45) is 5.92 Å². The molecule has 20 heavy (non-hydrogen) atoms. The molecule has 0 saturated heterocycles. The first-order chi connectivity index (χ1) is 9.58. The van der Waals surface area contributed by atoms with Crippen molar-refractivity contribution in [1.29, 1.82) is 5.26 Å². The molecule has 0 radical (unpaired) electrons. The van der Waals surface area contributed by atoms with Crippen LogP contribution in [0.25, 0.3) is 0 Å². The minimum atomic E-state index is -0.446. The summed E-state index contributed by atoms with van der Waals surface area (Å²) in [6.07, 6.45) is 3.73. The standard InChI is InChI=1S/C14H19N3O2S/c1-3-19-14(18)11-12(16)10(7-15)20-13(11)17(2)8-9-5-4-6-9/h9H,3-6,8,16H2,1-2H3. The van der Waals surface area contributed by atoms with Crippen LogP contribution in [0.2, 0.25) is 0 Å². The Hall–Kier alpha value is -1.74. The molecule has 0 atom stereocenters. The van der Waals surface area contributed by atoms with Gasteiger partial charge in [0, 0.05) is 13.6 Å². The molecule has 5 nitrogen and oxygen atoms in total. The van der Waals surface area contributed by atoms with Gasteiger partial charge in [-0.15, -0.1) is 11.3 Å². The van der Waals surface area contributed by atoms with E-state index < -0.39 is 5.97 Å². The summed E-state index contributed by atoms with van der Waals surface area (Å²) in [5, 5.41) is 9.84. The highest BCUT2D eigenvalue weighted by atomic mass is 32.1. The molecule has 0 bridgehead atoms. The van der Waals surface area contributed by atoms with Crippen LogP contribution in [0.5, 0.6) is 0 Å². The van der Waals surface area contributed by atoms with Crippen LogP contribution in [-0.4, -0.2) is 26.2 Å². The molecule has 1 aliphatic rings. The number of nitrogens with zero attached hydrogens (tertiary/aromatic N) is 2. The number of hydrogen-bond donors (Lipinski definition) is 1. The fourth-order valence-corrected chi connectivity index (χ4v) is 3.31. The Morgan fingerprint density at radius 1 is 1.60 bits per heavy atom. The number of esters is 1. The van der Waals surface area contributed by atoms with Crippen LogP contribution >= 0.6 is 11.3 Å². The minimum Gasteiger partial charge on any atom is -0.462 e. The fraction of sp³-hybridized carbons (Fsp3) is 0.571. The smallest absolute Gasteiger partial charge is 0.343 e. The van der Waals surface area contributed by atoms with Gasteiger partial charge in [0.2, 0.25) is 0 Å². The van der Waals surface area contributed by atoms with Crippen molar-refractivity contribution in [3.8, 4) is 6.07 Å². The van der Waals surface area contributed by atoms with Crippen LogP contribution in [0.3, 0.4) is 0 Å². The minimum absolute atomic E-state index is 0.242. The van der Waals surface area contributed by atoms with Gasteiger partial charge in [0.1, 0.15) is 21.5 Å². The molecule has 1 aromatic heterocycles. The monoisotopic (exact) mass is 293 g/mol. The number of hydrogen-bond acceptors (Lipinski definition) is 6. The lowest BCUT2D eigenvalue weighted by Gasteiger charge is -2.30. The Bertz CT molecular complexity index is 543. The lowest BCUT2D eigenvalue weighted by Crippen LogP contribution is -2.29. The van der Waals surface area contributed by atoms with Gasteiger partial charge in [0.25, 0.3) is 0 Å². The Kier molecular flexibility index (Phi) is 4.50. The van der Waals surface area contributed by atoms with E-state index in [4.69, 9.17) is 15.7 Å². The van der Waals surface area contributed by atoms with Gasteiger partial charge in [0.05, 0.1) is 12.3 Å². The number of thiophene rings is 1.